The van der Waals surface area contributed by atoms with Crippen LogP contribution in [-0.2, 0) is 6.42 Å². The summed E-state index contributed by atoms with van der Waals surface area (Å²) in [4.78, 5) is 0.487. The van der Waals surface area contributed by atoms with Gasteiger partial charge >= 0.3 is 0 Å². The zero-order valence-corrected chi connectivity index (χ0v) is 12.5. The van der Waals surface area contributed by atoms with E-state index in [0.29, 0.717) is 4.83 Å². The molecule has 1 aromatic carbocycles. The van der Waals surface area contributed by atoms with Gasteiger partial charge in [-0.05, 0) is 42.9 Å². The van der Waals surface area contributed by atoms with Gasteiger partial charge in [-0.25, -0.2) is 4.39 Å². The summed E-state index contributed by atoms with van der Waals surface area (Å²) in [6, 6.07) is 6.97. The van der Waals surface area contributed by atoms with E-state index in [1.54, 1.807) is 12.1 Å². The largest absolute Gasteiger partial charge is 0.207 e. The summed E-state index contributed by atoms with van der Waals surface area (Å²) in [5.41, 5.74) is 1.10. The predicted octanol–water partition coefficient (Wildman–Crippen LogP) is 5.49. The van der Waals surface area contributed by atoms with Gasteiger partial charge in [0.2, 0.25) is 0 Å². The lowest BCUT2D eigenvalue weighted by molar-refractivity contribution is 0.331. The van der Waals surface area contributed by atoms with Crippen LogP contribution in [0, 0.1) is 11.7 Å². The fourth-order valence-electron chi connectivity index (χ4n) is 2.91. The van der Waals surface area contributed by atoms with Gasteiger partial charge in [0, 0.05) is 4.83 Å². The van der Waals surface area contributed by atoms with Crippen LogP contribution in [0.3, 0.4) is 0 Å². The molecule has 1 aliphatic carbocycles. The predicted molar refractivity (Wildman–Crippen MR) is 78.6 cm³/mol. The third kappa shape index (κ3) is 4.72. The average molecular weight is 313 g/mol. The molecule has 0 aromatic heterocycles. The molecule has 1 fully saturated rings. The maximum Gasteiger partial charge on any atom is 0.123 e. The van der Waals surface area contributed by atoms with Crippen LogP contribution >= 0.6 is 15.9 Å². The Kier molecular flexibility index (Phi) is 5.68. The summed E-state index contributed by atoms with van der Waals surface area (Å²) >= 11 is 3.74. The van der Waals surface area contributed by atoms with Crippen molar-refractivity contribution in [3.63, 3.8) is 0 Å². The van der Waals surface area contributed by atoms with Crippen molar-refractivity contribution in [1.29, 1.82) is 0 Å². The number of hydrogen-bond donors (Lipinski definition) is 0. The molecule has 1 unspecified atom stereocenters. The van der Waals surface area contributed by atoms with Gasteiger partial charge in [-0.1, -0.05) is 60.2 Å². The highest BCUT2D eigenvalue weighted by Crippen LogP contribution is 2.29. The Hall–Kier alpha value is -0.370. The zero-order valence-electron chi connectivity index (χ0n) is 10.9. The molecule has 2 rings (SSSR count). The fraction of sp³-hybridized carbons (Fsp3) is 0.625. The van der Waals surface area contributed by atoms with E-state index in [0.717, 1.165) is 17.9 Å². The molecule has 0 N–H and O–H groups in total. The van der Waals surface area contributed by atoms with E-state index >= 15 is 0 Å². The summed E-state index contributed by atoms with van der Waals surface area (Å²) in [6.07, 6.45) is 10.6. The molecule has 0 nitrogen and oxygen atoms in total. The van der Waals surface area contributed by atoms with Crippen molar-refractivity contribution in [3.8, 4) is 0 Å². The summed E-state index contributed by atoms with van der Waals surface area (Å²) in [7, 11) is 0. The van der Waals surface area contributed by atoms with Crippen LogP contribution in [0.1, 0.15) is 50.5 Å². The minimum Gasteiger partial charge on any atom is -0.207 e. The van der Waals surface area contributed by atoms with Gasteiger partial charge in [-0.3, -0.25) is 0 Å². The fourth-order valence-corrected chi connectivity index (χ4v) is 3.55. The van der Waals surface area contributed by atoms with Crippen LogP contribution < -0.4 is 0 Å². The molecule has 0 aliphatic heterocycles. The molecule has 1 saturated carbocycles. The van der Waals surface area contributed by atoms with Crippen molar-refractivity contribution >= 4 is 15.9 Å². The van der Waals surface area contributed by atoms with Crippen molar-refractivity contribution in [2.45, 2.75) is 56.2 Å². The first kappa shape index (κ1) is 14.0. The summed E-state index contributed by atoms with van der Waals surface area (Å²) in [6.45, 7) is 0. The van der Waals surface area contributed by atoms with E-state index in [2.05, 4.69) is 15.9 Å². The van der Waals surface area contributed by atoms with Crippen molar-refractivity contribution in [1.82, 2.24) is 0 Å². The van der Waals surface area contributed by atoms with Crippen LogP contribution in [0.25, 0.3) is 0 Å². The minimum absolute atomic E-state index is 0.125. The second-order valence-corrected chi connectivity index (χ2v) is 6.81. The monoisotopic (exact) mass is 312 g/mol. The first-order chi connectivity index (χ1) is 8.74. The lowest BCUT2D eigenvalue weighted by Crippen LogP contribution is -2.10. The highest BCUT2D eigenvalue weighted by atomic mass is 79.9. The molecule has 0 saturated heterocycles. The van der Waals surface area contributed by atoms with E-state index in [1.807, 2.05) is 6.07 Å². The second-order valence-electron chi connectivity index (χ2n) is 5.51. The van der Waals surface area contributed by atoms with Gasteiger partial charge < -0.3 is 0 Å². The van der Waals surface area contributed by atoms with Gasteiger partial charge in [-0.2, -0.15) is 0 Å². The van der Waals surface area contributed by atoms with Crippen molar-refractivity contribution in [2.24, 2.45) is 5.92 Å². The van der Waals surface area contributed by atoms with Gasteiger partial charge in [0.1, 0.15) is 5.82 Å². The maximum atomic E-state index is 13.1. The molecule has 0 heterocycles. The molecule has 1 aromatic rings. The van der Waals surface area contributed by atoms with Gasteiger partial charge in [-0.15, -0.1) is 0 Å². The summed E-state index contributed by atoms with van der Waals surface area (Å²) in [5, 5.41) is 0. The van der Waals surface area contributed by atoms with E-state index in [9.17, 15) is 4.39 Å². The quantitative estimate of drug-likeness (QED) is 0.630. The Balaban J connectivity index is 1.72. The smallest absolute Gasteiger partial charge is 0.123 e. The molecule has 0 radical (unpaired) electrons. The highest BCUT2D eigenvalue weighted by molar-refractivity contribution is 9.09. The minimum atomic E-state index is -0.125. The first-order valence-corrected chi connectivity index (χ1v) is 8.04. The third-order valence-corrected chi connectivity index (χ3v) is 4.74. The number of benzene rings is 1. The summed E-state index contributed by atoms with van der Waals surface area (Å²) in [5.74, 6) is 0.811. The Morgan fingerprint density at radius 3 is 2.72 bits per heavy atom. The molecule has 18 heavy (non-hydrogen) atoms. The van der Waals surface area contributed by atoms with E-state index in [1.165, 1.54) is 51.0 Å². The van der Waals surface area contributed by atoms with Gasteiger partial charge in [0.25, 0.3) is 0 Å². The number of halogens is 2. The first-order valence-electron chi connectivity index (χ1n) is 7.12. The van der Waals surface area contributed by atoms with Gasteiger partial charge in [0.05, 0.1) is 0 Å². The standard InChI is InChI=1S/C16H22BrF/c17-15(10-9-13-5-2-1-3-6-13)11-14-7-4-8-16(18)12-14/h4,7-8,12-13,15H,1-3,5-6,9-11H2. The summed E-state index contributed by atoms with van der Waals surface area (Å²) < 4.78 is 13.1. The number of rotatable bonds is 5. The van der Waals surface area contributed by atoms with E-state index in [-0.39, 0.29) is 5.82 Å². The van der Waals surface area contributed by atoms with Crippen LogP contribution in [0.15, 0.2) is 24.3 Å². The molecule has 0 amide bonds. The lowest BCUT2D eigenvalue weighted by Gasteiger charge is -2.22. The lowest BCUT2D eigenvalue weighted by atomic mass is 9.85. The molecular weight excluding hydrogens is 291 g/mol. The van der Waals surface area contributed by atoms with Crippen LogP contribution in [-0.4, -0.2) is 4.83 Å². The average Bonchev–Trinajstić information content (AvgIpc) is 2.38. The second kappa shape index (κ2) is 7.28. The Morgan fingerprint density at radius 1 is 1.22 bits per heavy atom. The molecular formula is C16H22BrF. The SMILES string of the molecule is Fc1cccc(CC(Br)CCC2CCCCC2)c1. The highest BCUT2D eigenvalue weighted by Gasteiger charge is 2.15. The van der Waals surface area contributed by atoms with Crippen molar-refractivity contribution < 1.29 is 4.39 Å². The van der Waals surface area contributed by atoms with E-state index < -0.39 is 0 Å². The molecule has 1 aliphatic rings. The zero-order chi connectivity index (χ0) is 12.8. The van der Waals surface area contributed by atoms with Crippen LogP contribution in [0.4, 0.5) is 4.39 Å². The third-order valence-electron chi connectivity index (χ3n) is 3.96. The van der Waals surface area contributed by atoms with Crippen LogP contribution in [0.5, 0.6) is 0 Å². The van der Waals surface area contributed by atoms with Gasteiger partial charge in [0.15, 0.2) is 0 Å². The number of hydrogen-bond acceptors (Lipinski definition) is 0. The Bertz CT molecular complexity index is 358. The topological polar surface area (TPSA) is 0 Å². The van der Waals surface area contributed by atoms with Crippen LogP contribution in [0.2, 0.25) is 0 Å². The van der Waals surface area contributed by atoms with Crippen molar-refractivity contribution in [3.05, 3.63) is 35.6 Å². The molecule has 0 bridgehead atoms. The molecule has 100 valence electrons. The molecule has 1 atom stereocenters. The Labute approximate surface area is 118 Å². The maximum absolute atomic E-state index is 13.1. The number of alkyl halides is 1. The molecule has 2 heteroatoms. The Morgan fingerprint density at radius 2 is 2.00 bits per heavy atom. The molecule has 0 spiro atoms. The van der Waals surface area contributed by atoms with Crippen molar-refractivity contribution in [2.75, 3.05) is 0 Å². The van der Waals surface area contributed by atoms with E-state index in [4.69, 9.17) is 0 Å². The normalized spacial score (nSPS) is 18.8.